The van der Waals surface area contributed by atoms with Gasteiger partial charge in [0.05, 0.1) is 7.11 Å². The Kier molecular flexibility index (Phi) is 12.7. The lowest BCUT2D eigenvalue weighted by Gasteiger charge is -2.42. The molecule has 1 fully saturated rings. The molecule has 0 bridgehead atoms. The van der Waals surface area contributed by atoms with Gasteiger partial charge in [0.25, 0.3) is 0 Å². The Balaban J connectivity index is 1.66. The number of unbranched alkanes of at least 4 members (excludes halogenated alkanes) is 6. The number of likely N-dealkylation sites (N-methyl/N-ethyl adjacent to an activating group) is 1. The Labute approximate surface area is 246 Å². The predicted octanol–water partition coefficient (Wildman–Crippen LogP) is 6.68. The number of nitrogens with zero attached hydrogens (tertiary/aromatic N) is 3. The van der Waals surface area contributed by atoms with E-state index in [0.29, 0.717) is 26.1 Å². The van der Waals surface area contributed by atoms with Gasteiger partial charge in [0.15, 0.2) is 0 Å². The van der Waals surface area contributed by atoms with Crippen LogP contribution in [0.5, 0.6) is 0 Å². The van der Waals surface area contributed by atoms with Gasteiger partial charge in [-0.25, -0.2) is 4.79 Å². The van der Waals surface area contributed by atoms with Crippen molar-refractivity contribution < 1.29 is 19.1 Å². The Morgan fingerprint density at radius 1 is 0.854 bits per heavy atom. The smallest absolute Gasteiger partial charge is 0.409 e. The Hall–Kier alpha value is -3.35. The van der Waals surface area contributed by atoms with Crippen LogP contribution in [-0.2, 0) is 27.3 Å². The molecule has 3 rings (SSSR count). The Bertz CT molecular complexity index is 1130. The SMILES string of the molecule is CCCCCCCCN1C(=O)[C@H](Cc2ccc(-c3cccc(CN(CCCC)C(=O)OC)c3)cc2)N(C)C(=O)[C@@H]1C. The van der Waals surface area contributed by atoms with Crippen molar-refractivity contribution in [1.82, 2.24) is 14.7 Å². The fourth-order valence-corrected chi connectivity index (χ4v) is 5.56. The molecule has 41 heavy (non-hydrogen) atoms. The molecule has 1 aliphatic heterocycles. The standard InChI is InChI=1S/C34H49N3O4/c1-6-8-10-11-12-13-22-37-26(3)32(38)35(4)31(33(37)39)24-27-17-19-29(20-18-27)30-16-14-15-28(23-30)25-36(21-9-7-2)34(40)41-5/h14-20,23,26,31H,6-13,21-22,24-25H2,1-5H3/t26-,31-/m0/s1. The second kappa shape index (κ2) is 16.2. The maximum atomic E-state index is 13.5. The lowest BCUT2D eigenvalue weighted by atomic mass is 9.96. The number of rotatable bonds is 15. The van der Waals surface area contributed by atoms with Crippen molar-refractivity contribution in [2.75, 3.05) is 27.2 Å². The third-order valence-corrected chi connectivity index (χ3v) is 8.19. The number of hydrogen-bond donors (Lipinski definition) is 0. The predicted molar refractivity (Wildman–Crippen MR) is 164 cm³/mol. The molecule has 0 spiro atoms. The van der Waals surface area contributed by atoms with E-state index in [-0.39, 0.29) is 17.9 Å². The summed E-state index contributed by atoms with van der Waals surface area (Å²) in [5.74, 6) is 0.0529. The summed E-state index contributed by atoms with van der Waals surface area (Å²) in [4.78, 5) is 43.9. The monoisotopic (exact) mass is 563 g/mol. The van der Waals surface area contributed by atoms with Crippen LogP contribution in [0.15, 0.2) is 48.5 Å². The zero-order valence-electron chi connectivity index (χ0n) is 25.7. The van der Waals surface area contributed by atoms with Crippen molar-refractivity contribution in [1.29, 1.82) is 0 Å². The van der Waals surface area contributed by atoms with E-state index in [0.717, 1.165) is 47.9 Å². The van der Waals surface area contributed by atoms with Crippen molar-refractivity contribution in [2.24, 2.45) is 0 Å². The average molecular weight is 564 g/mol. The van der Waals surface area contributed by atoms with E-state index in [4.69, 9.17) is 4.74 Å². The molecule has 0 aliphatic carbocycles. The summed E-state index contributed by atoms with van der Waals surface area (Å²) in [7, 11) is 3.17. The molecule has 2 aromatic rings. The molecule has 0 unspecified atom stereocenters. The first-order valence-corrected chi connectivity index (χ1v) is 15.4. The van der Waals surface area contributed by atoms with Gasteiger partial charge in [-0.15, -0.1) is 0 Å². The van der Waals surface area contributed by atoms with Crippen LogP contribution in [0.4, 0.5) is 4.79 Å². The quantitative estimate of drug-likeness (QED) is 0.227. The van der Waals surface area contributed by atoms with E-state index in [9.17, 15) is 14.4 Å². The number of carbonyl (C=O) groups excluding carboxylic acids is 3. The van der Waals surface area contributed by atoms with Crippen LogP contribution >= 0.6 is 0 Å². The number of hydrogen-bond acceptors (Lipinski definition) is 4. The molecule has 1 saturated heterocycles. The van der Waals surface area contributed by atoms with Crippen molar-refractivity contribution in [3.8, 4) is 11.1 Å². The molecular weight excluding hydrogens is 514 g/mol. The summed E-state index contributed by atoms with van der Waals surface area (Å²) in [6.45, 7) is 7.96. The summed E-state index contributed by atoms with van der Waals surface area (Å²) in [6, 6.07) is 15.5. The van der Waals surface area contributed by atoms with E-state index in [1.54, 1.807) is 21.7 Å². The molecule has 2 atom stereocenters. The highest BCUT2D eigenvalue weighted by molar-refractivity contribution is 5.96. The third kappa shape index (κ3) is 8.82. The molecule has 0 N–H and O–H groups in total. The Morgan fingerprint density at radius 2 is 1.54 bits per heavy atom. The third-order valence-electron chi connectivity index (χ3n) is 8.19. The van der Waals surface area contributed by atoms with Crippen LogP contribution in [0.25, 0.3) is 11.1 Å². The van der Waals surface area contributed by atoms with Crippen molar-refractivity contribution >= 4 is 17.9 Å². The van der Waals surface area contributed by atoms with Gasteiger partial charge in [0.2, 0.25) is 11.8 Å². The zero-order chi connectivity index (χ0) is 29.8. The lowest BCUT2D eigenvalue weighted by molar-refractivity contribution is -0.159. The van der Waals surface area contributed by atoms with Crippen LogP contribution in [0.1, 0.15) is 83.3 Å². The molecular formula is C34H49N3O4. The number of benzene rings is 2. The highest BCUT2D eigenvalue weighted by atomic mass is 16.5. The van der Waals surface area contributed by atoms with Gasteiger partial charge in [-0.3, -0.25) is 9.59 Å². The molecule has 224 valence electrons. The van der Waals surface area contributed by atoms with Crippen LogP contribution < -0.4 is 0 Å². The van der Waals surface area contributed by atoms with Crippen LogP contribution in [-0.4, -0.2) is 71.9 Å². The van der Waals surface area contributed by atoms with Gasteiger partial charge < -0.3 is 19.4 Å². The highest BCUT2D eigenvalue weighted by Gasteiger charge is 2.41. The summed E-state index contributed by atoms with van der Waals surface area (Å²) >= 11 is 0. The second-order valence-electron chi connectivity index (χ2n) is 11.3. The van der Waals surface area contributed by atoms with Crippen LogP contribution in [0, 0.1) is 0 Å². The van der Waals surface area contributed by atoms with Gasteiger partial charge in [-0.1, -0.05) is 94.8 Å². The number of ether oxygens (including phenoxy) is 1. The number of methoxy groups -OCH3 is 1. The van der Waals surface area contributed by atoms with E-state index < -0.39 is 12.1 Å². The minimum atomic E-state index is -0.486. The molecule has 2 aromatic carbocycles. The summed E-state index contributed by atoms with van der Waals surface area (Å²) in [5, 5.41) is 0. The zero-order valence-corrected chi connectivity index (χ0v) is 25.7. The first-order valence-electron chi connectivity index (χ1n) is 15.4. The van der Waals surface area contributed by atoms with E-state index in [1.165, 1.54) is 32.8 Å². The molecule has 0 aromatic heterocycles. The van der Waals surface area contributed by atoms with Gasteiger partial charge in [0, 0.05) is 33.1 Å². The summed E-state index contributed by atoms with van der Waals surface area (Å²) in [6.07, 6.45) is 9.02. The van der Waals surface area contributed by atoms with Gasteiger partial charge in [-0.2, -0.15) is 0 Å². The lowest BCUT2D eigenvalue weighted by Crippen LogP contribution is -2.63. The average Bonchev–Trinajstić information content (AvgIpc) is 2.99. The summed E-state index contributed by atoms with van der Waals surface area (Å²) < 4.78 is 4.98. The molecule has 3 amide bonds. The van der Waals surface area contributed by atoms with Crippen molar-refractivity contribution in [3.63, 3.8) is 0 Å². The van der Waals surface area contributed by atoms with Gasteiger partial charge in [0.1, 0.15) is 12.1 Å². The number of amides is 3. The number of carbonyl (C=O) groups is 3. The molecule has 0 saturated carbocycles. The maximum absolute atomic E-state index is 13.5. The van der Waals surface area contributed by atoms with Crippen molar-refractivity contribution in [3.05, 3.63) is 59.7 Å². The number of piperazine rings is 1. The maximum Gasteiger partial charge on any atom is 0.409 e. The van der Waals surface area contributed by atoms with Gasteiger partial charge in [-0.05, 0) is 48.1 Å². The normalized spacial score (nSPS) is 17.2. The fourth-order valence-electron chi connectivity index (χ4n) is 5.56. The molecule has 7 heteroatoms. The first-order chi connectivity index (χ1) is 19.8. The first kappa shape index (κ1) is 32.2. The molecule has 7 nitrogen and oxygen atoms in total. The highest BCUT2D eigenvalue weighted by Crippen LogP contribution is 2.25. The fraction of sp³-hybridized carbons (Fsp3) is 0.559. The molecule has 1 aliphatic rings. The van der Waals surface area contributed by atoms with E-state index in [1.807, 2.05) is 31.2 Å². The van der Waals surface area contributed by atoms with Crippen LogP contribution in [0.2, 0.25) is 0 Å². The van der Waals surface area contributed by atoms with Crippen molar-refractivity contribution in [2.45, 2.75) is 97.2 Å². The Morgan fingerprint density at radius 3 is 2.22 bits per heavy atom. The minimum Gasteiger partial charge on any atom is -0.453 e. The second-order valence-corrected chi connectivity index (χ2v) is 11.3. The van der Waals surface area contributed by atoms with Crippen LogP contribution in [0.3, 0.4) is 0 Å². The van der Waals surface area contributed by atoms with E-state index in [2.05, 4.69) is 38.1 Å². The largest absolute Gasteiger partial charge is 0.453 e. The minimum absolute atomic E-state index is 0.00829. The van der Waals surface area contributed by atoms with E-state index >= 15 is 0 Å². The topological polar surface area (TPSA) is 70.2 Å². The summed E-state index contributed by atoms with van der Waals surface area (Å²) in [5.41, 5.74) is 4.19. The molecule has 1 heterocycles. The van der Waals surface area contributed by atoms with Gasteiger partial charge >= 0.3 is 6.09 Å². The molecule has 0 radical (unpaired) electrons.